The first-order valence-corrected chi connectivity index (χ1v) is 7.65. The van der Waals surface area contributed by atoms with E-state index in [0.29, 0.717) is 12.2 Å². The van der Waals surface area contributed by atoms with Gasteiger partial charge in [-0.1, -0.05) is 5.16 Å². The number of aromatic nitrogens is 2. The molecule has 114 valence electrons. The average Bonchev–Trinajstić information content (AvgIpc) is 2.95. The molecular formula is C15H20BrN3O2. The van der Waals surface area contributed by atoms with Gasteiger partial charge in [-0.3, -0.25) is 4.79 Å². The molecular weight excluding hydrogens is 334 g/mol. The molecule has 2 heterocycles. The van der Waals surface area contributed by atoms with Crippen LogP contribution in [-0.2, 0) is 6.54 Å². The lowest BCUT2D eigenvalue weighted by Crippen LogP contribution is -2.29. The van der Waals surface area contributed by atoms with Crippen molar-refractivity contribution in [3.63, 3.8) is 0 Å². The molecule has 0 atom stereocenters. The van der Waals surface area contributed by atoms with Gasteiger partial charge in [0, 0.05) is 29.3 Å². The van der Waals surface area contributed by atoms with Gasteiger partial charge in [0.1, 0.15) is 11.5 Å². The van der Waals surface area contributed by atoms with Crippen LogP contribution < -0.4 is 0 Å². The van der Waals surface area contributed by atoms with Crippen LogP contribution in [0.25, 0.3) is 0 Å². The molecule has 0 saturated carbocycles. The summed E-state index contributed by atoms with van der Waals surface area (Å²) in [6.45, 7) is 8.34. The molecule has 1 amide bonds. The van der Waals surface area contributed by atoms with E-state index in [4.69, 9.17) is 4.52 Å². The molecule has 0 aliphatic carbocycles. The summed E-state index contributed by atoms with van der Waals surface area (Å²) >= 11 is 3.44. The first-order chi connectivity index (χ1) is 9.81. The van der Waals surface area contributed by atoms with Gasteiger partial charge in [-0.15, -0.1) is 0 Å². The molecule has 6 heteroatoms. The maximum absolute atomic E-state index is 12.7. The summed E-state index contributed by atoms with van der Waals surface area (Å²) in [5, 5.41) is 3.93. The van der Waals surface area contributed by atoms with Crippen LogP contribution in [0.1, 0.15) is 47.4 Å². The van der Waals surface area contributed by atoms with E-state index in [0.717, 1.165) is 21.5 Å². The van der Waals surface area contributed by atoms with E-state index in [1.54, 1.807) is 11.9 Å². The smallest absolute Gasteiger partial charge is 0.270 e. The zero-order chi connectivity index (χ0) is 15.7. The van der Waals surface area contributed by atoms with Crippen LogP contribution in [0, 0.1) is 13.8 Å². The predicted octanol–water partition coefficient (Wildman–Crippen LogP) is 3.71. The molecule has 0 unspecified atom stereocenters. The molecule has 0 N–H and O–H groups in total. The van der Waals surface area contributed by atoms with Crippen molar-refractivity contribution in [3.05, 3.63) is 39.4 Å². The number of halogens is 1. The molecule has 2 aromatic heterocycles. The highest BCUT2D eigenvalue weighted by Gasteiger charge is 2.21. The van der Waals surface area contributed by atoms with Crippen LogP contribution >= 0.6 is 15.9 Å². The Balaban J connectivity index is 2.24. The van der Waals surface area contributed by atoms with Crippen LogP contribution in [0.5, 0.6) is 0 Å². The highest BCUT2D eigenvalue weighted by molar-refractivity contribution is 9.10. The molecule has 0 spiro atoms. The molecule has 21 heavy (non-hydrogen) atoms. The van der Waals surface area contributed by atoms with E-state index in [1.165, 1.54) is 0 Å². The third-order valence-corrected chi connectivity index (χ3v) is 3.95. The summed E-state index contributed by atoms with van der Waals surface area (Å²) in [4.78, 5) is 14.4. The summed E-state index contributed by atoms with van der Waals surface area (Å²) in [6.07, 6.45) is 1.93. The molecule has 0 radical (unpaired) electrons. The number of hydrogen-bond donors (Lipinski definition) is 0. The third-order valence-electron chi connectivity index (χ3n) is 3.51. The lowest BCUT2D eigenvalue weighted by atomic mass is 10.2. The minimum atomic E-state index is -0.0191. The van der Waals surface area contributed by atoms with Gasteiger partial charge in [0.2, 0.25) is 0 Å². The molecule has 0 aliphatic heterocycles. The molecule has 0 aromatic carbocycles. The summed E-state index contributed by atoms with van der Waals surface area (Å²) in [6, 6.07) is 2.08. The minimum Gasteiger partial charge on any atom is -0.361 e. The van der Waals surface area contributed by atoms with Gasteiger partial charge in [0.05, 0.1) is 12.2 Å². The normalized spacial score (nSPS) is 11.2. The Bertz CT molecular complexity index is 638. The largest absolute Gasteiger partial charge is 0.361 e. The van der Waals surface area contributed by atoms with Crippen molar-refractivity contribution in [2.75, 3.05) is 7.05 Å². The van der Waals surface area contributed by atoms with E-state index in [9.17, 15) is 4.79 Å². The van der Waals surface area contributed by atoms with Crippen LogP contribution in [0.2, 0.25) is 0 Å². The summed E-state index contributed by atoms with van der Waals surface area (Å²) < 4.78 is 8.02. The Morgan fingerprint density at radius 2 is 2.14 bits per heavy atom. The van der Waals surface area contributed by atoms with Crippen LogP contribution in [0.3, 0.4) is 0 Å². The fraction of sp³-hybridized carbons (Fsp3) is 0.467. The van der Waals surface area contributed by atoms with Gasteiger partial charge in [0.25, 0.3) is 5.91 Å². The van der Waals surface area contributed by atoms with Crippen molar-refractivity contribution in [1.82, 2.24) is 14.6 Å². The van der Waals surface area contributed by atoms with E-state index in [2.05, 4.69) is 34.9 Å². The van der Waals surface area contributed by atoms with Crippen molar-refractivity contribution in [2.45, 2.75) is 40.3 Å². The quantitative estimate of drug-likeness (QED) is 0.841. The Labute approximate surface area is 133 Å². The van der Waals surface area contributed by atoms with Gasteiger partial charge >= 0.3 is 0 Å². The standard InChI is InChI=1S/C15H20BrN3O2/c1-9(2)19-7-12(16)6-14(19)15(20)18(5)8-13-10(3)17-21-11(13)4/h6-7,9H,8H2,1-5H3. The van der Waals surface area contributed by atoms with E-state index >= 15 is 0 Å². The van der Waals surface area contributed by atoms with Gasteiger partial charge in [0.15, 0.2) is 0 Å². The number of carbonyl (C=O) groups excluding carboxylic acids is 1. The number of nitrogens with zero attached hydrogens (tertiary/aromatic N) is 3. The van der Waals surface area contributed by atoms with E-state index in [-0.39, 0.29) is 11.9 Å². The first-order valence-electron chi connectivity index (χ1n) is 6.85. The highest BCUT2D eigenvalue weighted by atomic mass is 79.9. The zero-order valence-electron chi connectivity index (χ0n) is 13.0. The zero-order valence-corrected chi connectivity index (χ0v) is 14.6. The van der Waals surface area contributed by atoms with E-state index in [1.807, 2.05) is 30.7 Å². The van der Waals surface area contributed by atoms with Crippen molar-refractivity contribution in [1.29, 1.82) is 0 Å². The first kappa shape index (κ1) is 15.8. The summed E-state index contributed by atoms with van der Waals surface area (Å²) in [5.41, 5.74) is 2.46. The third kappa shape index (κ3) is 3.20. The highest BCUT2D eigenvalue weighted by Crippen LogP contribution is 2.22. The second kappa shape index (κ2) is 6.05. The topological polar surface area (TPSA) is 51.3 Å². The Hall–Kier alpha value is -1.56. The molecule has 0 aliphatic rings. The van der Waals surface area contributed by atoms with E-state index < -0.39 is 0 Å². The average molecular weight is 354 g/mol. The number of amides is 1. The fourth-order valence-corrected chi connectivity index (χ4v) is 2.71. The Kier molecular flexibility index (Phi) is 4.56. The van der Waals surface area contributed by atoms with Crippen molar-refractivity contribution in [2.24, 2.45) is 0 Å². The minimum absolute atomic E-state index is 0.0191. The van der Waals surface area contributed by atoms with Gasteiger partial charge < -0.3 is 14.0 Å². The maximum Gasteiger partial charge on any atom is 0.270 e. The molecule has 0 bridgehead atoms. The lowest BCUT2D eigenvalue weighted by molar-refractivity contribution is 0.0772. The predicted molar refractivity (Wildman–Crippen MR) is 84.3 cm³/mol. The number of hydrogen-bond acceptors (Lipinski definition) is 3. The molecule has 2 rings (SSSR count). The molecule has 5 nitrogen and oxygen atoms in total. The van der Waals surface area contributed by atoms with Gasteiger partial charge in [-0.2, -0.15) is 0 Å². The van der Waals surface area contributed by atoms with Crippen molar-refractivity contribution in [3.8, 4) is 0 Å². The molecule has 2 aromatic rings. The monoisotopic (exact) mass is 353 g/mol. The maximum atomic E-state index is 12.7. The second-order valence-corrected chi connectivity index (χ2v) is 6.42. The molecule has 0 saturated heterocycles. The summed E-state index contributed by atoms with van der Waals surface area (Å²) in [7, 11) is 1.79. The Morgan fingerprint density at radius 1 is 1.48 bits per heavy atom. The SMILES string of the molecule is Cc1noc(C)c1CN(C)C(=O)c1cc(Br)cn1C(C)C. The van der Waals surface area contributed by atoms with Crippen LogP contribution in [0.4, 0.5) is 0 Å². The van der Waals surface area contributed by atoms with Crippen LogP contribution in [0.15, 0.2) is 21.3 Å². The van der Waals surface area contributed by atoms with Crippen molar-refractivity contribution < 1.29 is 9.32 Å². The number of carbonyl (C=O) groups is 1. The summed E-state index contributed by atoms with van der Waals surface area (Å²) in [5.74, 6) is 0.738. The Morgan fingerprint density at radius 3 is 2.67 bits per heavy atom. The number of aryl methyl sites for hydroxylation is 2. The number of rotatable bonds is 4. The van der Waals surface area contributed by atoms with Gasteiger partial charge in [-0.25, -0.2) is 0 Å². The molecule has 0 fully saturated rings. The van der Waals surface area contributed by atoms with Crippen molar-refractivity contribution >= 4 is 21.8 Å². The fourth-order valence-electron chi connectivity index (χ4n) is 2.28. The van der Waals surface area contributed by atoms with Crippen LogP contribution in [-0.4, -0.2) is 27.6 Å². The second-order valence-electron chi connectivity index (χ2n) is 5.51. The van der Waals surface area contributed by atoms with Gasteiger partial charge in [-0.05, 0) is 49.7 Å². The lowest BCUT2D eigenvalue weighted by Gasteiger charge is -2.19.